The van der Waals surface area contributed by atoms with Gasteiger partial charge in [0.2, 0.25) is 0 Å². The lowest BCUT2D eigenvalue weighted by Gasteiger charge is -2.31. The van der Waals surface area contributed by atoms with Gasteiger partial charge in [0.15, 0.2) is 0 Å². The van der Waals surface area contributed by atoms with Crippen LogP contribution in [0.2, 0.25) is 0 Å². The summed E-state index contributed by atoms with van der Waals surface area (Å²) in [6.45, 7) is 4.41. The van der Waals surface area contributed by atoms with Crippen molar-refractivity contribution < 1.29 is 15.1 Å². The van der Waals surface area contributed by atoms with E-state index >= 15 is 0 Å². The fraction of sp³-hybridized carbons (Fsp3) is 0.368. The lowest BCUT2D eigenvalue weighted by molar-refractivity contribution is 0.206. The molecule has 0 saturated carbocycles. The molecule has 0 bridgehead atoms. The van der Waals surface area contributed by atoms with Gasteiger partial charge in [0, 0.05) is 5.41 Å². The number of rotatable bonds is 5. The Morgan fingerprint density at radius 1 is 0.913 bits per heavy atom. The Morgan fingerprint density at radius 2 is 1.26 bits per heavy atom. The Bertz CT molecular complexity index is 519. The maximum atomic E-state index is 9.47. The van der Waals surface area contributed by atoms with Crippen LogP contribution in [-0.2, 0) is 10.3 Å². The minimum atomic E-state index is -0.0998. The molecule has 0 unspecified atom stereocenters. The number of unbranched alkanes of at least 4 members (excludes halogenated alkanes) is 1. The first-order valence-corrected chi connectivity index (χ1v) is 7.79. The van der Waals surface area contributed by atoms with Crippen molar-refractivity contribution >= 4 is 0 Å². The zero-order valence-corrected chi connectivity index (χ0v) is 14.1. The smallest absolute Gasteiger partial charge is 0.115 e. The molecular weight excluding hydrogens is 290 g/mol. The van der Waals surface area contributed by atoms with E-state index in [0.717, 1.165) is 19.3 Å². The van der Waals surface area contributed by atoms with Gasteiger partial charge in [0.1, 0.15) is 11.5 Å². The van der Waals surface area contributed by atoms with Crippen molar-refractivity contribution in [2.45, 2.75) is 38.5 Å². The summed E-state index contributed by atoms with van der Waals surface area (Å²) in [5.74, 6) is 4.93. The normalized spacial score (nSPS) is 10.8. The van der Waals surface area contributed by atoms with Gasteiger partial charge in [-0.05, 0) is 41.8 Å². The number of phenols is 2. The van der Waals surface area contributed by atoms with E-state index in [1.54, 1.807) is 24.3 Å². The minimum Gasteiger partial charge on any atom is -0.508 e. The van der Waals surface area contributed by atoms with Crippen LogP contribution in [0.1, 0.15) is 44.2 Å². The largest absolute Gasteiger partial charge is 0.508 e. The molecule has 0 amide bonds. The van der Waals surface area contributed by atoms with Crippen LogP contribution in [0.25, 0.3) is 0 Å². The SMILES string of the molecule is CCCCC(C)(c1ccc(O)cc1)c1ccc(O)cc1.CON. The van der Waals surface area contributed by atoms with Crippen LogP contribution in [0.3, 0.4) is 0 Å². The molecule has 0 atom stereocenters. The molecule has 0 saturated heterocycles. The molecule has 0 aliphatic rings. The van der Waals surface area contributed by atoms with Gasteiger partial charge in [-0.15, -0.1) is 0 Å². The highest BCUT2D eigenvalue weighted by atomic mass is 16.6. The lowest BCUT2D eigenvalue weighted by Crippen LogP contribution is -2.23. The first kappa shape index (κ1) is 19.0. The van der Waals surface area contributed by atoms with Crippen molar-refractivity contribution in [2.24, 2.45) is 5.90 Å². The summed E-state index contributed by atoms with van der Waals surface area (Å²) in [6.07, 6.45) is 3.32. The molecule has 2 aromatic rings. The molecule has 0 heterocycles. The molecule has 0 aliphatic heterocycles. The summed E-state index contributed by atoms with van der Waals surface area (Å²) >= 11 is 0. The summed E-state index contributed by atoms with van der Waals surface area (Å²) in [5.41, 5.74) is 2.28. The van der Waals surface area contributed by atoms with Gasteiger partial charge >= 0.3 is 0 Å². The third kappa shape index (κ3) is 5.27. The minimum absolute atomic E-state index is 0.0998. The topological polar surface area (TPSA) is 75.7 Å². The molecule has 0 radical (unpaired) electrons. The molecule has 2 aromatic carbocycles. The average molecular weight is 317 g/mol. The average Bonchev–Trinajstić information content (AvgIpc) is 2.54. The van der Waals surface area contributed by atoms with E-state index in [2.05, 4.69) is 24.6 Å². The van der Waals surface area contributed by atoms with Crippen molar-refractivity contribution in [1.82, 2.24) is 0 Å². The Morgan fingerprint density at radius 3 is 1.57 bits per heavy atom. The number of aromatic hydroxyl groups is 2. The fourth-order valence-corrected chi connectivity index (χ4v) is 2.64. The molecule has 0 aliphatic carbocycles. The summed E-state index contributed by atoms with van der Waals surface area (Å²) < 4.78 is 0. The van der Waals surface area contributed by atoms with Crippen LogP contribution in [0, 0.1) is 0 Å². The molecule has 0 spiro atoms. The monoisotopic (exact) mass is 317 g/mol. The third-order valence-corrected chi connectivity index (χ3v) is 4.04. The second kappa shape index (κ2) is 9.18. The zero-order chi connectivity index (χ0) is 17.3. The van der Waals surface area contributed by atoms with Gasteiger partial charge in [0.25, 0.3) is 0 Å². The molecule has 23 heavy (non-hydrogen) atoms. The van der Waals surface area contributed by atoms with Gasteiger partial charge in [-0.3, -0.25) is 0 Å². The van der Waals surface area contributed by atoms with E-state index in [0.29, 0.717) is 0 Å². The maximum absolute atomic E-state index is 9.47. The van der Waals surface area contributed by atoms with Gasteiger partial charge in [-0.25, -0.2) is 5.90 Å². The molecule has 2 rings (SSSR count). The van der Waals surface area contributed by atoms with Crippen molar-refractivity contribution in [1.29, 1.82) is 0 Å². The Hall–Kier alpha value is -2.04. The summed E-state index contributed by atoms with van der Waals surface area (Å²) in [7, 11) is 1.40. The van der Waals surface area contributed by atoms with Crippen LogP contribution in [0.5, 0.6) is 11.5 Å². The highest BCUT2D eigenvalue weighted by molar-refractivity contribution is 5.42. The van der Waals surface area contributed by atoms with Gasteiger partial charge < -0.3 is 15.1 Å². The second-order valence-electron chi connectivity index (χ2n) is 5.77. The zero-order valence-electron chi connectivity index (χ0n) is 14.1. The predicted molar refractivity (Wildman–Crippen MR) is 93.4 cm³/mol. The van der Waals surface area contributed by atoms with Crippen LogP contribution in [0.4, 0.5) is 0 Å². The van der Waals surface area contributed by atoms with Crippen molar-refractivity contribution in [2.75, 3.05) is 7.11 Å². The number of hydrogen-bond acceptors (Lipinski definition) is 4. The molecule has 4 N–H and O–H groups in total. The number of nitrogens with two attached hydrogens (primary N) is 1. The van der Waals surface area contributed by atoms with E-state index < -0.39 is 0 Å². The number of benzene rings is 2. The van der Waals surface area contributed by atoms with Gasteiger partial charge in [0.05, 0.1) is 7.11 Å². The van der Waals surface area contributed by atoms with Crippen molar-refractivity contribution in [3.63, 3.8) is 0 Å². The van der Waals surface area contributed by atoms with E-state index in [1.807, 2.05) is 24.3 Å². The van der Waals surface area contributed by atoms with E-state index in [-0.39, 0.29) is 16.9 Å². The summed E-state index contributed by atoms with van der Waals surface area (Å²) in [6, 6.07) is 14.9. The first-order chi connectivity index (χ1) is 11.0. The number of phenolic OH excluding ortho intramolecular Hbond substituents is 2. The molecule has 4 heteroatoms. The Balaban J connectivity index is 0.000000816. The van der Waals surface area contributed by atoms with Crippen LogP contribution >= 0.6 is 0 Å². The first-order valence-electron chi connectivity index (χ1n) is 7.79. The second-order valence-corrected chi connectivity index (χ2v) is 5.77. The molecule has 0 aromatic heterocycles. The maximum Gasteiger partial charge on any atom is 0.115 e. The quantitative estimate of drug-likeness (QED) is 0.726. The van der Waals surface area contributed by atoms with Gasteiger partial charge in [-0.2, -0.15) is 0 Å². The standard InChI is InChI=1S/C18H22O2.CH5NO/c1-3-4-13-18(2,14-5-9-16(19)10-6-14)15-7-11-17(20)12-8-15;1-3-2/h5-12,19-20H,3-4,13H2,1-2H3;2H2,1H3. The Labute approximate surface area is 138 Å². The summed E-state index contributed by atoms with van der Waals surface area (Å²) in [4.78, 5) is 3.75. The molecule has 126 valence electrons. The highest BCUT2D eigenvalue weighted by Crippen LogP contribution is 2.37. The summed E-state index contributed by atoms with van der Waals surface area (Å²) in [5, 5.41) is 18.9. The predicted octanol–water partition coefficient (Wildman–Crippen LogP) is 4.10. The highest BCUT2D eigenvalue weighted by Gasteiger charge is 2.28. The van der Waals surface area contributed by atoms with Crippen molar-refractivity contribution in [3.8, 4) is 11.5 Å². The van der Waals surface area contributed by atoms with E-state index in [9.17, 15) is 10.2 Å². The Kier molecular flexibility index (Phi) is 7.59. The molecule has 4 nitrogen and oxygen atoms in total. The third-order valence-electron chi connectivity index (χ3n) is 4.04. The van der Waals surface area contributed by atoms with Crippen LogP contribution in [0.15, 0.2) is 48.5 Å². The van der Waals surface area contributed by atoms with Crippen molar-refractivity contribution in [3.05, 3.63) is 59.7 Å². The van der Waals surface area contributed by atoms with Gasteiger partial charge in [-0.1, -0.05) is 51.0 Å². The van der Waals surface area contributed by atoms with E-state index in [4.69, 9.17) is 0 Å². The molecular formula is C19H27NO3. The lowest BCUT2D eigenvalue weighted by atomic mass is 9.73. The number of hydrogen-bond donors (Lipinski definition) is 3. The van der Waals surface area contributed by atoms with Crippen LogP contribution < -0.4 is 5.90 Å². The van der Waals surface area contributed by atoms with Crippen LogP contribution in [-0.4, -0.2) is 17.3 Å². The van der Waals surface area contributed by atoms with E-state index in [1.165, 1.54) is 18.2 Å². The fourth-order valence-electron chi connectivity index (χ4n) is 2.64. The molecule has 0 fully saturated rings.